The molecule has 0 radical (unpaired) electrons. The predicted molar refractivity (Wildman–Crippen MR) is 133 cm³/mol. The predicted octanol–water partition coefficient (Wildman–Crippen LogP) is 4.07. The monoisotopic (exact) mass is 453 g/mol. The Morgan fingerprint density at radius 3 is 2.35 bits per heavy atom. The van der Waals surface area contributed by atoms with Gasteiger partial charge in [-0.2, -0.15) is 5.10 Å². The van der Waals surface area contributed by atoms with Gasteiger partial charge in [0.05, 0.1) is 12.7 Å². The molecule has 0 amide bonds. The van der Waals surface area contributed by atoms with Crippen molar-refractivity contribution in [3.63, 3.8) is 0 Å². The van der Waals surface area contributed by atoms with E-state index in [0.717, 1.165) is 22.5 Å². The van der Waals surface area contributed by atoms with Crippen LogP contribution in [0.15, 0.2) is 59.5 Å². The lowest BCUT2D eigenvalue weighted by atomic mass is 9.97. The van der Waals surface area contributed by atoms with Crippen LogP contribution in [0.5, 0.6) is 0 Å². The molecule has 3 aromatic heterocycles. The van der Waals surface area contributed by atoms with Crippen LogP contribution in [0.25, 0.3) is 33.9 Å². The largest absolute Gasteiger partial charge is 0.330 e. The van der Waals surface area contributed by atoms with Crippen molar-refractivity contribution in [1.82, 2.24) is 33.9 Å². The second kappa shape index (κ2) is 8.37. The Hall–Kier alpha value is -4.07. The zero-order valence-corrected chi connectivity index (χ0v) is 20.0. The smallest absolute Gasteiger partial charge is 0.292 e. The Morgan fingerprint density at radius 1 is 0.941 bits per heavy atom. The molecule has 0 bridgehead atoms. The number of benzene rings is 2. The van der Waals surface area contributed by atoms with E-state index in [9.17, 15) is 4.79 Å². The van der Waals surface area contributed by atoms with Gasteiger partial charge in [-0.1, -0.05) is 62.4 Å². The summed E-state index contributed by atoms with van der Waals surface area (Å²) in [4.78, 5) is 27.0. The molecule has 0 aliphatic heterocycles. The average molecular weight is 454 g/mol. The minimum Gasteiger partial charge on any atom is -0.292 e. The molecule has 5 rings (SSSR count). The summed E-state index contributed by atoms with van der Waals surface area (Å²) in [6.07, 6.45) is 1.74. The van der Waals surface area contributed by atoms with E-state index in [2.05, 4.69) is 35.0 Å². The van der Waals surface area contributed by atoms with Gasteiger partial charge in [0.15, 0.2) is 17.3 Å². The highest BCUT2D eigenvalue weighted by Gasteiger charge is 2.17. The Kier molecular flexibility index (Phi) is 5.36. The van der Waals surface area contributed by atoms with Crippen molar-refractivity contribution in [2.24, 2.45) is 14.1 Å². The lowest BCUT2D eigenvalue weighted by Gasteiger charge is -2.11. The number of aryl methyl sites for hydroxylation is 3. The molecule has 34 heavy (non-hydrogen) atoms. The van der Waals surface area contributed by atoms with Crippen molar-refractivity contribution < 1.29 is 0 Å². The molecule has 172 valence electrons. The summed E-state index contributed by atoms with van der Waals surface area (Å²) in [5.41, 5.74) is 5.32. The van der Waals surface area contributed by atoms with E-state index in [-0.39, 0.29) is 5.69 Å². The van der Waals surface area contributed by atoms with Crippen molar-refractivity contribution in [1.29, 1.82) is 0 Å². The molecule has 0 N–H and O–H groups in total. The molecule has 8 nitrogen and oxygen atoms in total. The van der Waals surface area contributed by atoms with Gasteiger partial charge >= 0.3 is 5.69 Å². The van der Waals surface area contributed by atoms with E-state index in [4.69, 9.17) is 4.98 Å². The van der Waals surface area contributed by atoms with Gasteiger partial charge in [0.25, 0.3) is 0 Å². The number of nitrogens with zero attached hydrogens (tertiary/aromatic N) is 7. The third-order valence-corrected chi connectivity index (χ3v) is 6.24. The maximum atomic E-state index is 13.1. The molecule has 0 fully saturated rings. The quantitative estimate of drug-likeness (QED) is 0.401. The fourth-order valence-corrected chi connectivity index (χ4v) is 4.18. The summed E-state index contributed by atoms with van der Waals surface area (Å²) in [6.45, 7) is 6.64. The molecule has 0 aliphatic rings. The highest BCUT2D eigenvalue weighted by atomic mass is 16.1. The van der Waals surface area contributed by atoms with Crippen LogP contribution in [0, 0.1) is 6.92 Å². The lowest BCUT2D eigenvalue weighted by molar-refractivity contribution is 0.731. The van der Waals surface area contributed by atoms with Crippen molar-refractivity contribution in [2.75, 3.05) is 0 Å². The molecule has 0 saturated heterocycles. The Bertz CT molecular complexity index is 1540. The number of aromatic nitrogens is 7. The molecule has 0 saturated carbocycles. The zero-order chi connectivity index (χ0) is 24.0. The molecule has 0 unspecified atom stereocenters. The number of rotatable bonds is 5. The van der Waals surface area contributed by atoms with E-state index in [1.54, 1.807) is 27.1 Å². The zero-order valence-electron chi connectivity index (χ0n) is 20.0. The van der Waals surface area contributed by atoms with Crippen molar-refractivity contribution in [3.05, 3.63) is 82.2 Å². The summed E-state index contributed by atoms with van der Waals surface area (Å²) in [7, 11) is 3.63. The van der Waals surface area contributed by atoms with E-state index in [1.165, 1.54) is 5.56 Å². The van der Waals surface area contributed by atoms with Crippen LogP contribution in [0.1, 0.15) is 36.7 Å². The van der Waals surface area contributed by atoms with Crippen LogP contribution in [-0.2, 0) is 20.6 Å². The van der Waals surface area contributed by atoms with Crippen molar-refractivity contribution >= 4 is 11.2 Å². The number of hydrogen-bond donors (Lipinski definition) is 0. The summed E-state index contributed by atoms with van der Waals surface area (Å²) in [6, 6.07) is 16.1. The van der Waals surface area contributed by atoms with Crippen LogP contribution in [0.4, 0.5) is 0 Å². The van der Waals surface area contributed by atoms with Gasteiger partial charge in [-0.3, -0.25) is 13.8 Å². The normalized spacial score (nSPS) is 11.6. The van der Waals surface area contributed by atoms with Crippen LogP contribution in [-0.4, -0.2) is 33.9 Å². The van der Waals surface area contributed by atoms with Gasteiger partial charge in [-0.05, 0) is 24.0 Å². The third kappa shape index (κ3) is 3.71. The van der Waals surface area contributed by atoms with E-state index in [1.807, 2.05) is 56.4 Å². The molecular weight excluding hydrogens is 426 g/mol. The van der Waals surface area contributed by atoms with Crippen LogP contribution in [0.3, 0.4) is 0 Å². The van der Waals surface area contributed by atoms with E-state index >= 15 is 0 Å². The Balaban J connectivity index is 1.54. The number of hydrogen-bond acceptors (Lipinski definition) is 5. The first-order chi connectivity index (χ1) is 16.3. The fraction of sp³-hybridized carbons (Fsp3) is 0.269. The topological polar surface area (TPSA) is 83.4 Å². The van der Waals surface area contributed by atoms with Crippen molar-refractivity contribution in [2.45, 2.75) is 33.2 Å². The molecule has 3 heterocycles. The first-order valence-corrected chi connectivity index (χ1v) is 11.3. The second-order valence-electron chi connectivity index (χ2n) is 8.88. The van der Waals surface area contributed by atoms with Gasteiger partial charge in [-0.15, -0.1) is 0 Å². The molecule has 2 aromatic carbocycles. The van der Waals surface area contributed by atoms with Crippen molar-refractivity contribution in [3.8, 4) is 22.8 Å². The van der Waals surface area contributed by atoms with Gasteiger partial charge in [0, 0.05) is 25.2 Å². The van der Waals surface area contributed by atoms with Crippen LogP contribution in [0.2, 0.25) is 0 Å². The maximum Gasteiger partial charge on any atom is 0.330 e. The summed E-state index contributed by atoms with van der Waals surface area (Å²) in [5.74, 6) is 2.51. The summed E-state index contributed by atoms with van der Waals surface area (Å²) < 4.78 is 5.06. The molecular formula is C26H27N7O. The van der Waals surface area contributed by atoms with Gasteiger partial charge < -0.3 is 0 Å². The highest BCUT2D eigenvalue weighted by Crippen LogP contribution is 2.27. The van der Waals surface area contributed by atoms with Gasteiger partial charge in [0.1, 0.15) is 11.3 Å². The van der Waals surface area contributed by atoms with E-state index < -0.39 is 0 Å². The van der Waals surface area contributed by atoms with Gasteiger partial charge in [0.2, 0.25) is 0 Å². The van der Waals surface area contributed by atoms with Crippen LogP contribution < -0.4 is 5.69 Å². The molecule has 0 aliphatic carbocycles. The summed E-state index contributed by atoms with van der Waals surface area (Å²) >= 11 is 0. The number of imidazole rings is 1. The molecule has 0 spiro atoms. The fourth-order valence-electron chi connectivity index (χ4n) is 4.18. The first kappa shape index (κ1) is 21.8. The third-order valence-electron chi connectivity index (χ3n) is 6.24. The lowest BCUT2D eigenvalue weighted by Crippen LogP contribution is -2.22. The minimum absolute atomic E-state index is 0.121. The standard InChI is InChI=1S/C26H27N7O/c1-16(2)20-8-6-7-9-21(20)24-27-14-22-25(29-24)33(26(34)31(22)4)15-18-10-12-19(13-11-18)23-28-17(3)32(5)30-23/h6-14,16H,15H2,1-5H3. The molecule has 0 atom stereocenters. The SMILES string of the molecule is Cc1nc(-c2ccc(Cn3c(=O)n(C)c4cnc(-c5ccccc5C(C)C)nc43)cc2)nn1C. The highest BCUT2D eigenvalue weighted by molar-refractivity contribution is 5.74. The second-order valence-corrected chi connectivity index (χ2v) is 8.88. The van der Waals surface area contributed by atoms with E-state index in [0.29, 0.717) is 35.3 Å². The molecule has 8 heteroatoms. The average Bonchev–Trinajstić information content (AvgIpc) is 3.30. The first-order valence-electron chi connectivity index (χ1n) is 11.3. The molecule has 5 aromatic rings. The number of fused-ring (bicyclic) bond motifs is 1. The summed E-state index contributed by atoms with van der Waals surface area (Å²) in [5, 5.41) is 4.44. The maximum absolute atomic E-state index is 13.1. The minimum atomic E-state index is -0.121. The Labute approximate surface area is 197 Å². The Morgan fingerprint density at radius 2 is 1.68 bits per heavy atom. The van der Waals surface area contributed by atoms with Crippen LogP contribution >= 0.6 is 0 Å². The van der Waals surface area contributed by atoms with Gasteiger partial charge in [-0.25, -0.2) is 19.7 Å².